The van der Waals surface area contributed by atoms with E-state index in [1.54, 1.807) is 0 Å². The van der Waals surface area contributed by atoms with Crippen molar-refractivity contribution < 1.29 is 25.2 Å². The van der Waals surface area contributed by atoms with Crippen LogP contribution in [0.2, 0.25) is 0 Å². The van der Waals surface area contributed by atoms with Crippen molar-refractivity contribution in [3.05, 3.63) is 12.2 Å². The number of rotatable bonds is 13. The first kappa shape index (κ1) is 22.1. The number of aliphatic carboxylic acids is 1. The highest BCUT2D eigenvalue weighted by molar-refractivity contribution is 5.66. The van der Waals surface area contributed by atoms with Crippen LogP contribution in [0.5, 0.6) is 0 Å². The van der Waals surface area contributed by atoms with Crippen molar-refractivity contribution >= 4 is 5.97 Å². The molecule has 0 saturated heterocycles. The Bertz CT molecular complexity index is 396. The Morgan fingerprint density at radius 3 is 2.48 bits per heavy atom. The second-order valence-electron chi connectivity index (χ2n) is 7.42. The predicted molar refractivity (Wildman–Crippen MR) is 98.2 cm³/mol. The van der Waals surface area contributed by atoms with E-state index in [0.29, 0.717) is 25.7 Å². The van der Waals surface area contributed by atoms with Gasteiger partial charge in [0.25, 0.3) is 0 Å². The van der Waals surface area contributed by atoms with E-state index in [2.05, 4.69) is 6.92 Å². The normalized spacial score (nSPS) is 27.8. The van der Waals surface area contributed by atoms with E-state index in [4.69, 9.17) is 5.11 Å². The summed E-state index contributed by atoms with van der Waals surface area (Å²) in [5.41, 5.74) is 0. The lowest BCUT2D eigenvalue weighted by Gasteiger charge is -2.23. The van der Waals surface area contributed by atoms with Gasteiger partial charge in [0.2, 0.25) is 0 Å². The van der Waals surface area contributed by atoms with Gasteiger partial charge in [0.1, 0.15) is 0 Å². The third-order valence-electron chi connectivity index (χ3n) is 5.33. The third kappa shape index (κ3) is 8.84. The summed E-state index contributed by atoms with van der Waals surface area (Å²) in [6.07, 6.45) is 10.8. The SMILES string of the molecule is CCCCCC(O)CCC1C(O)CC(O)C1C/C=C/CCCC(=O)O. The quantitative estimate of drug-likeness (QED) is 0.300. The van der Waals surface area contributed by atoms with Crippen LogP contribution in [0.15, 0.2) is 12.2 Å². The van der Waals surface area contributed by atoms with Crippen LogP contribution in [0.25, 0.3) is 0 Å². The van der Waals surface area contributed by atoms with Gasteiger partial charge in [0.05, 0.1) is 18.3 Å². The van der Waals surface area contributed by atoms with Gasteiger partial charge in [0, 0.05) is 6.42 Å². The summed E-state index contributed by atoms with van der Waals surface area (Å²) in [4.78, 5) is 10.5. The third-order valence-corrected chi connectivity index (χ3v) is 5.33. The highest BCUT2D eigenvalue weighted by Gasteiger charge is 2.40. The predicted octanol–water partition coefficient (Wildman–Crippen LogP) is 3.27. The lowest BCUT2D eigenvalue weighted by Crippen LogP contribution is -2.23. The fourth-order valence-electron chi connectivity index (χ4n) is 3.81. The number of carboxylic acids is 1. The van der Waals surface area contributed by atoms with Crippen LogP contribution >= 0.6 is 0 Å². The van der Waals surface area contributed by atoms with Crippen molar-refractivity contribution in [1.29, 1.82) is 0 Å². The summed E-state index contributed by atoms with van der Waals surface area (Å²) in [6, 6.07) is 0. The van der Waals surface area contributed by atoms with Crippen molar-refractivity contribution in [3.63, 3.8) is 0 Å². The number of carbonyl (C=O) groups is 1. The molecule has 5 nitrogen and oxygen atoms in total. The Labute approximate surface area is 151 Å². The van der Waals surface area contributed by atoms with E-state index >= 15 is 0 Å². The van der Waals surface area contributed by atoms with E-state index in [0.717, 1.165) is 38.5 Å². The maximum atomic E-state index is 10.5. The zero-order chi connectivity index (χ0) is 18.7. The van der Waals surface area contributed by atoms with Crippen LogP contribution in [0, 0.1) is 11.8 Å². The lowest BCUT2D eigenvalue weighted by molar-refractivity contribution is -0.137. The van der Waals surface area contributed by atoms with Gasteiger partial charge in [-0.05, 0) is 56.8 Å². The Morgan fingerprint density at radius 1 is 1.08 bits per heavy atom. The molecule has 0 amide bonds. The second-order valence-corrected chi connectivity index (χ2v) is 7.42. The Hall–Kier alpha value is -0.910. The van der Waals surface area contributed by atoms with Gasteiger partial charge in [-0.2, -0.15) is 0 Å². The molecule has 0 bridgehead atoms. The first-order valence-electron chi connectivity index (χ1n) is 9.86. The molecule has 5 unspecified atom stereocenters. The molecule has 1 saturated carbocycles. The van der Waals surface area contributed by atoms with Crippen LogP contribution in [0.1, 0.15) is 77.6 Å². The number of unbranched alkanes of at least 4 members (excludes halogenated alkanes) is 3. The molecule has 1 fully saturated rings. The molecular formula is C20H36O5. The minimum Gasteiger partial charge on any atom is -0.481 e. The van der Waals surface area contributed by atoms with Gasteiger partial charge in [-0.25, -0.2) is 0 Å². The smallest absolute Gasteiger partial charge is 0.303 e. The largest absolute Gasteiger partial charge is 0.481 e. The highest BCUT2D eigenvalue weighted by atomic mass is 16.4. The first-order chi connectivity index (χ1) is 12.0. The van der Waals surface area contributed by atoms with Crippen LogP contribution in [0.3, 0.4) is 0 Å². The van der Waals surface area contributed by atoms with E-state index in [1.165, 1.54) is 0 Å². The number of hydrogen-bond donors (Lipinski definition) is 4. The van der Waals surface area contributed by atoms with Crippen LogP contribution < -0.4 is 0 Å². The maximum Gasteiger partial charge on any atom is 0.303 e. The molecule has 25 heavy (non-hydrogen) atoms. The van der Waals surface area contributed by atoms with Gasteiger partial charge in [-0.3, -0.25) is 4.79 Å². The Kier molecular flexibility index (Phi) is 11.0. The maximum absolute atomic E-state index is 10.5. The van der Waals surface area contributed by atoms with Crippen LogP contribution in [-0.2, 0) is 4.79 Å². The average molecular weight is 357 g/mol. The molecule has 4 N–H and O–H groups in total. The molecule has 5 atom stereocenters. The zero-order valence-corrected chi connectivity index (χ0v) is 15.5. The number of hydrogen-bond acceptors (Lipinski definition) is 4. The van der Waals surface area contributed by atoms with Crippen molar-refractivity contribution in [2.75, 3.05) is 0 Å². The number of aliphatic hydroxyl groups is 3. The summed E-state index contributed by atoms with van der Waals surface area (Å²) in [5.74, 6) is -0.728. The topological polar surface area (TPSA) is 98.0 Å². The van der Waals surface area contributed by atoms with Crippen LogP contribution in [-0.4, -0.2) is 44.7 Å². The number of carboxylic acid groups (broad SMARTS) is 1. The Morgan fingerprint density at radius 2 is 1.80 bits per heavy atom. The monoisotopic (exact) mass is 356 g/mol. The number of aliphatic hydroxyl groups excluding tert-OH is 3. The minimum absolute atomic E-state index is 0.0218. The van der Waals surface area contributed by atoms with Gasteiger partial charge in [-0.1, -0.05) is 38.3 Å². The molecule has 0 heterocycles. The van der Waals surface area contributed by atoms with Crippen molar-refractivity contribution in [2.45, 2.75) is 95.9 Å². The Balaban J connectivity index is 2.36. The summed E-state index contributed by atoms with van der Waals surface area (Å²) < 4.78 is 0. The van der Waals surface area contributed by atoms with Crippen molar-refractivity contribution in [3.8, 4) is 0 Å². The molecule has 0 aliphatic heterocycles. The van der Waals surface area contributed by atoms with E-state index in [1.807, 2.05) is 12.2 Å². The molecule has 0 aromatic carbocycles. The summed E-state index contributed by atoms with van der Waals surface area (Å²) in [6.45, 7) is 2.14. The summed E-state index contributed by atoms with van der Waals surface area (Å²) >= 11 is 0. The molecule has 0 radical (unpaired) electrons. The molecule has 1 rings (SSSR count). The van der Waals surface area contributed by atoms with Crippen molar-refractivity contribution in [1.82, 2.24) is 0 Å². The van der Waals surface area contributed by atoms with E-state index < -0.39 is 18.2 Å². The second kappa shape index (κ2) is 12.4. The molecule has 1 aliphatic rings. The standard InChI is InChI=1S/C20H36O5/c1-2-3-6-9-15(21)12-13-17-16(18(22)14-19(17)23)10-7-4-5-8-11-20(24)25/h4,7,15-19,21-23H,2-3,5-6,8-14H2,1H3,(H,24,25)/b7-4+. The summed E-state index contributed by atoms with van der Waals surface area (Å²) in [5, 5.41) is 39.1. The van der Waals surface area contributed by atoms with E-state index in [9.17, 15) is 20.1 Å². The molecule has 5 heteroatoms. The fourth-order valence-corrected chi connectivity index (χ4v) is 3.81. The molecule has 0 spiro atoms. The van der Waals surface area contributed by atoms with Gasteiger partial charge in [0.15, 0.2) is 0 Å². The van der Waals surface area contributed by atoms with Gasteiger partial charge >= 0.3 is 5.97 Å². The fraction of sp³-hybridized carbons (Fsp3) is 0.850. The molecule has 0 aromatic heterocycles. The lowest BCUT2D eigenvalue weighted by atomic mass is 9.85. The van der Waals surface area contributed by atoms with E-state index in [-0.39, 0.29) is 24.4 Å². The van der Waals surface area contributed by atoms with Gasteiger partial charge < -0.3 is 20.4 Å². The molecule has 0 aromatic rings. The van der Waals surface area contributed by atoms with Crippen LogP contribution in [0.4, 0.5) is 0 Å². The highest BCUT2D eigenvalue weighted by Crippen LogP contribution is 2.38. The summed E-state index contributed by atoms with van der Waals surface area (Å²) in [7, 11) is 0. The average Bonchev–Trinajstić information content (AvgIpc) is 2.82. The molecule has 1 aliphatic carbocycles. The zero-order valence-electron chi connectivity index (χ0n) is 15.5. The minimum atomic E-state index is -0.778. The van der Waals surface area contributed by atoms with Crippen molar-refractivity contribution in [2.24, 2.45) is 11.8 Å². The molecular weight excluding hydrogens is 320 g/mol. The van der Waals surface area contributed by atoms with Gasteiger partial charge in [-0.15, -0.1) is 0 Å². The first-order valence-corrected chi connectivity index (χ1v) is 9.86. The number of allylic oxidation sites excluding steroid dienone is 2. The molecule has 146 valence electrons.